The molecule has 1 fully saturated rings. The maximum Gasteiger partial charge on any atom is 0.137 e. The van der Waals surface area contributed by atoms with Crippen LogP contribution < -0.4 is 0 Å². The molecule has 0 aliphatic heterocycles. The Morgan fingerprint density at radius 1 is 1.21 bits per heavy atom. The SMILES string of the molecule is OCC(CO)(Cc1cccc(F)c1Br)C1CCCC1. The lowest BCUT2D eigenvalue weighted by atomic mass is 9.71. The molecule has 1 aromatic rings. The number of halogens is 2. The van der Waals surface area contributed by atoms with Gasteiger partial charge in [-0.25, -0.2) is 4.39 Å². The fourth-order valence-corrected chi connectivity index (χ4v) is 3.57. The van der Waals surface area contributed by atoms with Crippen molar-refractivity contribution in [1.82, 2.24) is 0 Å². The molecule has 1 aliphatic rings. The lowest BCUT2D eigenvalue weighted by molar-refractivity contribution is 0.00552. The number of hydrogen-bond donors (Lipinski definition) is 2. The second-order valence-electron chi connectivity index (χ2n) is 5.55. The average molecular weight is 331 g/mol. The van der Waals surface area contributed by atoms with E-state index >= 15 is 0 Å². The Balaban J connectivity index is 2.27. The molecular weight excluding hydrogens is 311 g/mol. The van der Waals surface area contributed by atoms with Crippen LogP contribution in [0.5, 0.6) is 0 Å². The van der Waals surface area contributed by atoms with Crippen LogP contribution in [0.3, 0.4) is 0 Å². The second-order valence-corrected chi connectivity index (χ2v) is 6.34. The van der Waals surface area contributed by atoms with Gasteiger partial charge in [0.15, 0.2) is 0 Å². The van der Waals surface area contributed by atoms with Crippen LogP contribution in [-0.2, 0) is 6.42 Å². The highest BCUT2D eigenvalue weighted by molar-refractivity contribution is 9.10. The zero-order chi connectivity index (χ0) is 13.9. The van der Waals surface area contributed by atoms with Gasteiger partial charge in [0.05, 0.1) is 17.7 Å². The van der Waals surface area contributed by atoms with E-state index in [9.17, 15) is 14.6 Å². The molecule has 0 bridgehead atoms. The highest BCUT2D eigenvalue weighted by Crippen LogP contribution is 2.42. The summed E-state index contributed by atoms with van der Waals surface area (Å²) in [5.74, 6) is 0.0198. The van der Waals surface area contributed by atoms with Crippen molar-refractivity contribution in [2.75, 3.05) is 13.2 Å². The van der Waals surface area contributed by atoms with Gasteiger partial charge in [-0.3, -0.25) is 0 Å². The first-order chi connectivity index (χ1) is 9.13. The second kappa shape index (κ2) is 6.33. The normalized spacial score (nSPS) is 17.1. The lowest BCUT2D eigenvalue weighted by Crippen LogP contribution is -2.39. The van der Waals surface area contributed by atoms with Gasteiger partial charge in [-0.2, -0.15) is 0 Å². The summed E-state index contributed by atoms with van der Waals surface area (Å²) in [5, 5.41) is 19.6. The summed E-state index contributed by atoms with van der Waals surface area (Å²) in [6.45, 7) is -0.117. The molecule has 0 atom stereocenters. The van der Waals surface area contributed by atoms with Crippen molar-refractivity contribution in [3.05, 3.63) is 34.1 Å². The van der Waals surface area contributed by atoms with Crippen molar-refractivity contribution in [2.24, 2.45) is 11.3 Å². The Morgan fingerprint density at radius 2 is 1.84 bits per heavy atom. The van der Waals surface area contributed by atoms with Crippen LogP contribution in [0.1, 0.15) is 31.2 Å². The molecule has 0 heterocycles. The first-order valence-electron chi connectivity index (χ1n) is 6.77. The van der Waals surface area contributed by atoms with Gasteiger partial charge in [-0.05, 0) is 52.7 Å². The standard InChI is InChI=1S/C15H20BrFO2/c16-14-11(4-3-7-13(14)17)8-15(9-18,10-19)12-5-1-2-6-12/h3-4,7,12,18-19H,1-2,5-6,8-10H2. The van der Waals surface area contributed by atoms with Crippen molar-refractivity contribution < 1.29 is 14.6 Å². The summed E-state index contributed by atoms with van der Waals surface area (Å²) >= 11 is 3.26. The Labute approximate surface area is 121 Å². The maximum atomic E-state index is 13.6. The third-order valence-electron chi connectivity index (χ3n) is 4.43. The highest BCUT2D eigenvalue weighted by atomic mass is 79.9. The molecule has 2 N–H and O–H groups in total. The van der Waals surface area contributed by atoms with Gasteiger partial charge in [0.25, 0.3) is 0 Å². The quantitative estimate of drug-likeness (QED) is 0.869. The smallest absolute Gasteiger partial charge is 0.137 e. The van der Waals surface area contributed by atoms with Crippen LogP contribution in [0, 0.1) is 17.2 Å². The van der Waals surface area contributed by atoms with Crippen LogP contribution in [-0.4, -0.2) is 23.4 Å². The van der Waals surface area contributed by atoms with E-state index in [0.29, 0.717) is 16.8 Å². The largest absolute Gasteiger partial charge is 0.396 e. The first kappa shape index (κ1) is 14.9. The minimum atomic E-state index is -0.535. The van der Waals surface area contributed by atoms with Crippen molar-refractivity contribution in [3.63, 3.8) is 0 Å². The molecule has 0 radical (unpaired) electrons. The Hall–Kier alpha value is -0.450. The van der Waals surface area contributed by atoms with Gasteiger partial charge in [0, 0.05) is 5.41 Å². The summed E-state index contributed by atoms with van der Waals surface area (Å²) in [6, 6.07) is 4.93. The van der Waals surface area contributed by atoms with E-state index < -0.39 is 5.41 Å². The van der Waals surface area contributed by atoms with E-state index in [1.54, 1.807) is 6.07 Å². The zero-order valence-electron chi connectivity index (χ0n) is 10.9. The van der Waals surface area contributed by atoms with Gasteiger partial charge >= 0.3 is 0 Å². The fraction of sp³-hybridized carbons (Fsp3) is 0.600. The van der Waals surface area contributed by atoms with E-state index in [4.69, 9.17) is 0 Å². The predicted molar refractivity (Wildman–Crippen MR) is 76.4 cm³/mol. The van der Waals surface area contributed by atoms with Crippen LogP contribution in [0.15, 0.2) is 22.7 Å². The average Bonchev–Trinajstić information content (AvgIpc) is 2.95. The summed E-state index contributed by atoms with van der Waals surface area (Å²) in [6.07, 6.45) is 4.87. The molecule has 1 saturated carbocycles. The number of aliphatic hydroxyl groups is 2. The third kappa shape index (κ3) is 3.01. The Morgan fingerprint density at radius 3 is 2.42 bits per heavy atom. The molecule has 2 nitrogen and oxygen atoms in total. The summed E-state index contributed by atoms with van der Waals surface area (Å²) < 4.78 is 14.0. The summed E-state index contributed by atoms with van der Waals surface area (Å²) in [4.78, 5) is 0. The van der Waals surface area contributed by atoms with Crippen molar-refractivity contribution in [2.45, 2.75) is 32.1 Å². The molecule has 2 rings (SSSR count). The molecule has 106 valence electrons. The van der Waals surface area contributed by atoms with Crippen LogP contribution in [0.4, 0.5) is 4.39 Å². The fourth-order valence-electron chi connectivity index (χ4n) is 3.17. The molecule has 1 aliphatic carbocycles. The number of hydrogen-bond acceptors (Lipinski definition) is 2. The molecule has 4 heteroatoms. The topological polar surface area (TPSA) is 40.5 Å². The van der Waals surface area contributed by atoms with Crippen molar-refractivity contribution in [1.29, 1.82) is 0 Å². The van der Waals surface area contributed by atoms with E-state index in [-0.39, 0.29) is 19.0 Å². The maximum absolute atomic E-state index is 13.6. The number of rotatable bonds is 5. The minimum absolute atomic E-state index is 0.0584. The monoisotopic (exact) mass is 330 g/mol. The van der Waals surface area contributed by atoms with Gasteiger partial charge in [0.2, 0.25) is 0 Å². The number of benzene rings is 1. The molecule has 19 heavy (non-hydrogen) atoms. The minimum Gasteiger partial charge on any atom is -0.396 e. The molecule has 0 saturated heterocycles. The lowest BCUT2D eigenvalue weighted by Gasteiger charge is -2.36. The van der Waals surface area contributed by atoms with Gasteiger partial charge in [0.1, 0.15) is 5.82 Å². The van der Waals surface area contributed by atoms with Crippen molar-refractivity contribution >= 4 is 15.9 Å². The van der Waals surface area contributed by atoms with Crippen LogP contribution in [0.25, 0.3) is 0 Å². The van der Waals surface area contributed by atoms with E-state index in [1.807, 2.05) is 6.07 Å². The molecular formula is C15H20BrFO2. The molecule has 1 aromatic carbocycles. The molecule has 0 spiro atoms. The Bertz CT molecular complexity index is 426. The zero-order valence-corrected chi connectivity index (χ0v) is 12.5. The van der Waals surface area contributed by atoms with Crippen LogP contribution >= 0.6 is 15.9 Å². The van der Waals surface area contributed by atoms with Crippen molar-refractivity contribution in [3.8, 4) is 0 Å². The van der Waals surface area contributed by atoms with Gasteiger partial charge in [-0.1, -0.05) is 25.0 Å². The number of aliphatic hydroxyl groups excluding tert-OH is 2. The first-order valence-corrected chi connectivity index (χ1v) is 7.57. The Kier molecular flexibility index (Phi) is 4.98. The highest BCUT2D eigenvalue weighted by Gasteiger charge is 2.39. The predicted octanol–water partition coefficient (Wildman–Crippen LogP) is 3.29. The van der Waals surface area contributed by atoms with E-state index in [1.165, 1.54) is 6.07 Å². The summed E-state index contributed by atoms with van der Waals surface area (Å²) in [7, 11) is 0. The third-order valence-corrected chi connectivity index (χ3v) is 5.31. The van der Waals surface area contributed by atoms with E-state index in [0.717, 1.165) is 31.2 Å². The van der Waals surface area contributed by atoms with E-state index in [2.05, 4.69) is 15.9 Å². The molecule has 0 unspecified atom stereocenters. The summed E-state index contributed by atoms with van der Waals surface area (Å²) in [5.41, 5.74) is 0.280. The van der Waals surface area contributed by atoms with Gasteiger partial charge < -0.3 is 10.2 Å². The molecule has 0 aromatic heterocycles. The van der Waals surface area contributed by atoms with Gasteiger partial charge in [-0.15, -0.1) is 0 Å². The molecule has 0 amide bonds. The van der Waals surface area contributed by atoms with Crippen LogP contribution in [0.2, 0.25) is 0 Å².